The van der Waals surface area contributed by atoms with Crippen LogP contribution in [0.3, 0.4) is 0 Å². The van der Waals surface area contributed by atoms with E-state index in [0.29, 0.717) is 12.2 Å². The number of hydrogen-bond acceptors (Lipinski definition) is 4. The summed E-state index contributed by atoms with van der Waals surface area (Å²) in [6, 6.07) is 5.79. The highest BCUT2D eigenvalue weighted by atomic mass is 16.5. The number of aryl methyl sites for hydroxylation is 1. The predicted octanol–water partition coefficient (Wildman–Crippen LogP) is 2.19. The second-order valence-corrected chi connectivity index (χ2v) is 6.30. The molecule has 0 radical (unpaired) electrons. The molecule has 3 heterocycles. The van der Waals surface area contributed by atoms with Crippen molar-refractivity contribution in [2.24, 2.45) is 0 Å². The van der Waals surface area contributed by atoms with Gasteiger partial charge in [0.05, 0.1) is 12.2 Å². The number of nitrogens with one attached hydrogen (secondary N) is 1. The minimum atomic E-state index is -0.0685. The van der Waals surface area contributed by atoms with Crippen LogP contribution in [0.4, 0.5) is 0 Å². The molecule has 1 N–H and O–H groups in total. The maximum atomic E-state index is 12.6. The molecule has 0 saturated carbocycles. The Kier molecular flexibility index (Phi) is 4.17. The molecule has 1 aromatic heterocycles. The fraction of sp³-hybridized carbons (Fsp3) is 0.368. The van der Waals surface area contributed by atoms with Crippen molar-refractivity contribution in [3.63, 3.8) is 0 Å². The second-order valence-electron chi connectivity index (χ2n) is 6.30. The van der Waals surface area contributed by atoms with Gasteiger partial charge in [-0.15, -0.1) is 0 Å². The number of carbonyl (C=O) groups is 1. The number of amides is 1. The molecule has 6 nitrogen and oxygen atoms in total. The van der Waals surface area contributed by atoms with E-state index in [4.69, 9.17) is 9.47 Å². The number of benzene rings is 1. The van der Waals surface area contributed by atoms with E-state index in [1.807, 2.05) is 43.6 Å². The Morgan fingerprint density at radius 2 is 2.40 bits per heavy atom. The highest BCUT2D eigenvalue weighted by molar-refractivity contribution is 5.99. The van der Waals surface area contributed by atoms with E-state index in [2.05, 4.69) is 14.9 Å². The molecule has 2 aliphatic heterocycles. The van der Waals surface area contributed by atoms with Crippen LogP contribution in [-0.4, -0.2) is 34.7 Å². The third kappa shape index (κ3) is 3.24. The van der Waals surface area contributed by atoms with Gasteiger partial charge in [0.25, 0.3) is 5.91 Å². The van der Waals surface area contributed by atoms with Crippen LogP contribution in [0.25, 0.3) is 6.08 Å². The molecule has 1 aromatic carbocycles. The molecule has 0 saturated heterocycles. The van der Waals surface area contributed by atoms with Crippen molar-refractivity contribution in [3.8, 4) is 11.5 Å². The van der Waals surface area contributed by atoms with Gasteiger partial charge >= 0.3 is 0 Å². The van der Waals surface area contributed by atoms with E-state index in [1.165, 1.54) is 0 Å². The molecule has 130 valence electrons. The van der Waals surface area contributed by atoms with E-state index in [1.54, 1.807) is 0 Å². The average molecular weight is 339 g/mol. The van der Waals surface area contributed by atoms with Gasteiger partial charge in [-0.05, 0) is 37.6 Å². The Bertz CT molecular complexity index is 825. The molecule has 0 bridgehead atoms. The molecule has 2 aromatic rings. The van der Waals surface area contributed by atoms with Crippen LogP contribution >= 0.6 is 0 Å². The molecule has 0 unspecified atom stereocenters. The Morgan fingerprint density at radius 3 is 3.28 bits per heavy atom. The Hall–Kier alpha value is -2.76. The van der Waals surface area contributed by atoms with E-state index >= 15 is 0 Å². The van der Waals surface area contributed by atoms with Crippen molar-refractivity contribution >= 4 is 12.0 Å². The number of aromatic nitrogens is 2. The third-order valence-corrected chi connectivity index (χ3v) is 4.57. The molecule has 6 heteroatoms. The first-order valence-electron chi connectivity index (χ1n) is 8.64. The first-order chi connectivity index (χ1) is 12.2. The van der Waals surface area contributed by atoms with E-state index in [9.17, 15) is 4.79 Å². The van der Waals surface area contributed by atoms with Crippen molar-refractivity contribution in [2.45, 2.75) is 32.4 Å². The molecule has 25 heavy (non-hydrogen) atoms. The molecule has 1 atom stereocenters. The number of imidazole rings is 1. The van der Waals surface area contributed by atoms with Gasteiger partial charge in [-0.3, -0.25) is 4.79 Å². The molecule has 0 aliphatic carbocycles. The van der Waals surface area contributed by atoms with Gasteiger partial charge in [0, 0.05) is 37.0 Å². The monoisotopic (exact) mass is 339 g/mol. The zero-order valence-electron chi connectivity index (χ0n) is 14.2. The van der Waals surface area contributed by atoms with Gasteiger partial charge in [0.15, 0.2) is 0 Å². The number of fused-ring (bicyclic) bond motifs is 2. The first kappa shape index (κ1) is 15.7. The second kappa shape index (κ2) is 6.63. The highest BCUT2D eigenvalue weighted by Gasteiger charge is 2.23. The average Bonchev–Trinajstić information content (AvgIpc) is 3.09. The zero-order valence-corrected chi connectivity index (χ0v) is 14.2. The van der Waals surface area contributed by atoms with Crippen molar-refractivity contribution in [1.29, 1.82) is 0 Å². The van der Waals surface area contributed by atoms with Crippen molar-refractivity contribution in [2.75, 3.05) is 13.2 Å². The minimum absolute atomic E-state index is 0.0685. The van der Waals surface area contributed by atoms with Crippen LogP contribution in [-0.2, 0) is 17.8 Å². The van der Waals surface area contributed by atoms with Crippen LogP contribution in [0, 0.1) is 0 Å². The lowest BCUT2D eigenvalue weighted by atomic mass is 10.0. The minimum Gasteiger partial charge on any atom is -0.494 e. The van der Waals surface area contributed by atoms with E-state index < -0.39 is 0 Å². The summed E-state index contributed by atoms with van der Waals surface area (Å²) in [4.78, 5) is 16.9. The normalized spacial score (nSPS) is 18.4. The molecule has 0 fully saturated rings. The number of carbonyl (C=O) groups excluding carboxylic acids is 1. The van der Waals surface area contributed by atoms with Crippen LogP contribution in [0.1, 0.15) is 24.7 Å². The molecule has 1 amide bonds. The summed E-state index contributed by atoms with van der Waals surface area (Å²) in [5.41, 5.74) is 1.51. The summed E-state index contributed by atoms with van der Waals surface area (Å²) in [6.45, 7) is 3.60. The summed E-state index contributed by atoms with van der Waals surface area (Å²) >= 11 is 0. The quantitative estimate of drug-likeness (QED) is 0.927. The topological polar surface area (TPSA) is 65.4 Å². The fourth-order valence-corrected chi connectivity index (χ4v) is 3.31. The molecular weight excluding hydrogens is 318 g/mol. The van der Waals surface area contributed by atoms with Crippen LogP contribution in [0.15, 0.2) is 36.2 Å². The largest absolute Gasteiger partial charge is 0.494 e. The summed E-state index contributed by atoms with van der Waals surface area (Å²) < 4.78 is 13.3. The van der Waals surface area contributed by atoms with Gasteiger partial charge in [-0.1, -0.05) is 0 Å². The van der Waals surface area contributed by atoms with Gasteiger partial charge in [-0.25, -0.2) is 4.98 Å². The van der Waals surface area contributed by atoms with Crippen molar-refractivity contribution in [1.82, 2.24) is 14.9 Å². The predicted molar refractivity (Wildman–Crippen MR) is 93.6 cm³/mol. The zero-order chi connectivity index (χ0) is 17.2. The third-order valence-electron chi connectivity index (χ3n) is 4.57. The molecular formula is C19H21N3O3. The summed E-state index contributed by atoms with van der Waals surface area (Å²) in [6.07, 6.45) is 7.45. The molecule has 4 rings (SSSR count). The fourth-order valence-electron chi connectivity index (χ4n) is 3.31. The lowest BCUT2D eigenvalue weighted by Crippen LogP contribution is -2.42. The lowest BCUT2D eigenvalue weighted by molar-refractivity contribution is -0.118. The Balaban J connectivity index is 1.46. The Morgan fingerprint density at radius 1 is 1.48 bits per heavy atom. The summed E-state index contributed by atoms with van der Waals surface area (Å²) in [5, 5.41) is 3.12. The van der Waals surface area contributed by atoms with E-state index in [-0.39, 0.29) is 18.6 Å². The number of nitrogens with zero attached hydrogens (tertiary/aromatic N) is 2. The van der Waals surface area contributed by atoms with Crippen molar-refractivity contribution < 1.29 is 14.3 Å². The highest BCUT2D eigenvalue weighted by Crippen LogP contribution is 2.30. The Labute approximate surface area is 146 Å². The first-order valence-corrected chi connectivity index (χ1v) is 8.64. The number of hydrogen-bond donors (Lipinski definition) is 1. The number of rotatable bonds is 4. The standard InChI is InChI=1S/C19H21N3O3/c1-2-24-16-4-5-17-13(10-16)9-14(12-25-17)19(23)21-15-3-6-18-20-7-8-22(18)11-15/h4-5,7-10,15H,2-3,6,11-12H2,1H3,(H,21,23)/t15-/m0/s1. The molecule has 2 aliphatic rings. The summed E-state index contributed by atoms with van der Waals surface area (Å²) in [5.74, 6) is 2.58. The smallest absolute Gasteiger partial charge is 0.250 e. The lowest BCUT2D eigenvalue weighted by Gasteiger charge is -2.26. The van der Waals surface area contributed by atoms with Gasteiger partial charge in [0.2, 0.25) is 0 Å². The van der Waals surface area contributed by atoms with Gasteiger partial charge in [0.1, 0.15) is 23.9 Å². The van der Waals surface area contributed by atoms with E-state index in [0.717, 1.165) is 42.3 Å². The molecule has 0 spiro atoms. The SMILES string of the molecule is CCOc1ccc2c(c1)C=C(C(=O)N[C@H]1CCc3nccn3C1)CO2. The maximum Gasteiger partial charge on any atom is 0.250 e. The van der Waals surface area contributed by atoms with Crippen LogP contribution in [0.2, 0.25) is 0 Å². The van der Waals surface area contributed by atoms with Gasteiger partial charge in [-0.2, -0.15) is 0 Å². The maximum absolute atomic E-state index is 12.6. The summed E-state index contributed by atoms with van der Waals surface area (Å²) in [7, 11) is 0. The van der Waals surface area contributed by atoms with Crippen LogP contribution in [0.5, 0.6) is 11.5 Å². The number of ether oxygens (including phenoxy) is 2. The van der Waals surface area contributed by atoms with Crippen LogP contribution < -0.4 is 14.8 Å². The van der Waals surface area contributed by atoms with Crippen molar-refractivity contribution in [3.05, 3.63) is 47.6 Å². The van der Waals surface area contributed by atoms with Gasteiger partial charge < -0.3 is 19.4 Å².